The van der Waals surface area contributed by atoms with E-state index in [1.165, 1.54) is 0 Å². The average Bonchev–Trinajstić information content (AvgIpc) is 2.80. The average molecular weight is 435 g/mol. The Morgan fingerprint density at radius 3 is 2.09 bits per heavy atom. The van der Waals surface area contributed by atoms with Crippen LogP contribution in [0.25, 0.3) is 0 Å². The molecule has 0 atom stereocenters. The maximum absolute atomic E-state index is 12.3. The lowest BCUT2D eigenvalue weighted by molar-refractivity contribution is -0.139. The molecule has 2 aromatic carbocycles. The van der Waals surface area contributed by atoms with Gasteiger partial charge in [0, 0.05) is 16.8 Å². The summed E-state index contributed by atoms with van der Waals surface area (Å²) in [6.45, 7) is 6.29. The van der Waals surface area contributed by atoms with Gasteiger partial charge < -0.3 is 14.8 Å². The molecule has 168 valence electrons. The van der Waals surface area contributed by atoms with E-state index in [-0.39, 0.29) is 11.9 Å². The van der Waals surface area contributed by atoms with Crippen molar-refractivity contribution < 1.29 is 19.1 Å². The molecular formula is C26H30N2O4. The van der Waals surface area contributed by atoms with Crippen LogP contribution in [0.3, 0.4) is 0 Å². The van der Waals surface area contributed by atoms with Crippen LogP contribution in [0.2, 0.25) is 0 Å². The number of benzene rings is 2. The third kappa shape index (κ3) is 9.05. The number of ether oxygens (including phenoxy) is 2. The van der Waals surface area contributed by atoms with E-state index in [0.717, 1.165) is 44.3 Å². The molecule has 0 fully saturated rings. The first kappa shape index (κ1) is 24.7. The van der Waals surface area contributed by atoms with Gasteiger partial charge in [-0.2, -0.15) is 5.26 Å². The number of carbonyl (C=O) groups excluding carboxylic acids is 2. The van der Waals surface area contributed by atoms with Crippen molar-refractivity contribution in [2.24, 2.45) is 0 Å². The van der Waals surface area contributed by atoms with Gasteiger partial charge in [-0.3, -0.25) is 4.79 Å². The molecule has 0 aliphatic heterocycles. The van der Waals surface area contributed by atoms with Crippen LogP contribution in [0, 0.1) is 11.3 Å². The fourth-order valence-electron chi connectivity index (χ4n) is 2.92. The first-order valence-electron chi connectivity index (χ1n) is 10.9. The summed E-state index contributed by atoms with van der Waals surface area (Å²) < 4.78 is 10.8. The van der Waals surface area contributed by atoms with E-state index in [2.05, 4.69) is 11.9 Å². The summed E-state index contributed by atoms with van der Waals surface area (Å²) in [7, 11) is 0. The zero-order valence-corrected chi connectivity index (χ0v) is 18.6. The van der Waals surface area contributed by atoms with Gasteiger partial charge in [-0.25, -0.2) is 4.79 Å². The number of carbonyl (C=O) groups is 2. The minimum Gasteiger partial charge on any atom is -0.494 e. The van der Waals surface area contributed by atoms with Crippen LogP contribution in [-0.4, -0.2) is 25.1 Å². The van der Waals surface area contributed by atoms with Crippen molar-refractivity contribution in [1.82, 2.24) is 0 Å². The molecule has 0 aromatic heterocycles. The van der Waals surface area contributed by atoms with Gasteiger partial charge in [0.2, 0.25) is 0 Å². The lowest BCUT2D eigenvalue weighted by Crippen LogP contribution is -2.11. The monoisotopic (exact) mass is 434 g/mol. The smallest absolute Gasteiger partial charge is 0.333 e. The van der Waals surface area contributed by atoms with Gasteiger partial charge in [-0.15, -0.1) is 0 Å². The van der Waals surface area contributed by atoms with Gasteiger partial charge >= 0.3 is 5.97 Å². The maximum atomic E-state index is 12.3. The number of amides is 1. The van der Waals surface area contributed by atoms with Crippen molar-refractivity contribution in [3.63, 3.8) is 0 Å². The third-order valence-corrected chi connectivity index (χ3v) is 4.78. The largest absolute Gasteiger partial charge is 0.494 e. The van der Waals surface area contributed by atoms with Gasteiger partial charge in [0.1, 0.15) is 5.75 Å². The number of esters is 1. The topological polar surface area (TPSA) is 88.4 Å². The molecule has 0 aliphatic rings. The Balaban J connectivity index is 1.57. The number of nitriles is 1. The Hall–Kier alpha value is -3.59. The van der Waals surface area contributed by atoms with E-state index in [1.807, 2.05) is 6.07 Å². The van der Waals surface area contributed by atoms with Crippen LogP contribution in [0.1, 0.15) is 61.4 Å². The molecule has 2 rings (SSSR count). The molecule has 1 amide bonds. The van der Waals surface area contributed by atoms with E-state index in [4.69, 9.17) is 14.7 Å². The number of nitrogens with one attached hydrogen (secondary N) is 1. The van der Waals surface area contributed by atoms with Gasteiger partial charge in [0.05, 0.1) is 24.8 Å². The standard InChI is InChI=1S/C26H30N2O4/c1-20(2)26(30)32-18-8-6-4-3-5-7-17-31-24-15-11-22(12-16-24)25(29)28-23-13-9-21(19-27)10-14-23/h9-16H,1,3-8,17-18H2,2H3,(H,28,29). The van der Waals surface area contributed by atoms with Crippen molar-refractivity contribution in [3.8, 4) is 11.8 Å². The minimum atomic E-state index is -0.317. The second-order valence-corrected chi connectivity index (χ2v) is 7.55. The molecule has 1 N–H and O–H groups in total. The van der Waals surface area contributed by atoms with Crippen LogP contribution in [0.15, 0.2) is 60.7 Å². The lowest BCUT2D eigenvalue weighted by atomic mass is 10.1. The predicted octanol–water partition coefficient (Wildman–Crippen LogP) is 5.65. The molecular weight excluding hydrogens is 404 g/mol. The molecule has 0 saturated heterocycles. The molecule has 0 spiro atoms. The molecule has 6 nitrogen and oxygen atoms in total. The Morgan fingerprint density at radius 2 is 1.50 bits per heavy atom. The van der Waals surface area contributed by atoms with Crippen LogP contribution in [0.5, 0.6) is 5.75 Å². The van der Waals surface area contributed by atoms with Crippen LogP contribution in [0.4, 0.5) is 5.69 Å². The molecule has 0 bridgehead atoms. The Morgan fingerprint density at radius 1 is 0.906 bits per heavy atom. The molecule has 0 saturated carbocycles. The number of hydrogen-bond acceptors (Lipinski definition) is 5. The van der Waals surface area contributed by atoms with Gasteiger partial charge in [-0.05, 0) is 68.3 Å². The highest BCUT2D eigenvalue weighted by atomic mass is 16.5. The molecule has 0 radical (unpaired) electrons. The fraction of sp³-hybridized carbons (Fsp3) is 0.346. The SMILES string of the molecule is C=C(C)C(=O)OCCCCCCCCOc1ccc(C(=O)Nc2ccc(C#N)cc2)cc1. The van der Waals surface area contributed by atoms with E-state index < -0.39 is 0 Å². The van der Waals surface area contributed by atoms with Gasteiger partial charge in [0.25, 0.3) is 5.91 Å². The summed E-state index contributed by atoms with van der Waals surface area (Å²) in [5.41, 5.74) is 2.16. The van der Waals surface area contributed by atoms with Crippen molar-refractivity contribution in [3.05, 3.63) is 71.8 Å². The Labute approximate surface area is 189 Å². The molecule has 0 heterocycles. The fourth-order valence-corrected chi connectivity index (χ4v) is 2.92. The Kier molecular flexibility index (Phi) is 10.5. The van der Waals surface area contributed by atoms with Crippen LogP contribution >= 0.6 is 0 Å². The summed E-state index contributed by atoms with van der Waals surface area (Å²) in [5.74, 6) is 0.206. The van der Waals surface area contributed by atoms with Crippen molar-refractivity contribution in [2.75, 3.05) is 18.5 Å². The molecule has 2 aromatic rings. The van der Waals surface area contributed by atoms with Crippen molar-refractivity contribution in [1.29, 1.82) is 5.26 Å². The number of anilines is 1. The summed E-state index contributed by atoms with van der Waals surface area (Å²) >= 11 is 0. The van der Waals surface area contributed by atoms with Crippen molar-refractivity contribution in [2.45, 2.75) is 45.4 Å². The summed E-state index contributed by atoms with van der Waals surface area (Å²) in [6.07, 6.45) is 6.18. The van der Waals surface area contributed by atoms with Gasteiger partial charge in [0.15, 0.2) is 0 Å². The minimum absolute atomic E-state index is 0.212. The predicted molar refractivity (Wildman–Crippen MR) is 125 cm³/mol. The number of hydrogen-bond donors (Lipinski definition) is 1. The van der Waals surface area contributed by atoms with Gasteiger partial charge in [-0.1, -0.05) is 32.3 Å². The highest BCUT2D eigenvalue weighted by Gasteiger charge is 2.07. The van der Waals surface area contributed by atoms with E-state index >= 15 is 0 Å². The molecule has 32 heavy (non-hydrogen) atoms. The highest BCUT2D eigenvalue weighted by Crippen LogP contribution is 2.16. The normalized spacial score (nSPS) is 10.1. The van der Waals surface area contributed by atoms with Crippen LogP contribution in [-0.2, 0) is 9.53 Å². The second kappa shape index (κ2) is 13.7. The number of nitrogens with zero attached hydrogens (tertiary/aromatic N) is 1. The summed E-state index contributed by atoms with van der Waals surface area (Å²) in [6, 6.07) is 15.8. The van der Waals surface area contributed by atoms with E-state index in [9.17, 15) is 9.59 Å². The van der Waals surface area contributed by atoms with Crippen molar-refractivity contribution >= 4 is 17.6 Å². The quantitative estimate of drug-likeness (QED) is 0.250. The molecule has 0 aliphatic carbocycles. The molecule has 0 unspecified atom stereocenters. The lowest BCUT2D eigenvalue weighted by Gasteiger charge is -2.08. The maximum Gasteiger partial charge on any atom is 0.333 e. The first-order chi connectivity index (χ1) is 15.5. The zero-order chi connectivity index (χ0) is 23.2. The number of unbranched alkanes of at least 4 members (excludes halogenated alkanes) is 5. The van der Waals surface area contributed by atoms with E-state index in [0.29, 0.717) is 35.6 Å². The summed E-state index contributed by atoms with van der Waals surface area (Å²) in [4.78, 5) is 23.6. The number of rotatable bonds is 13. The Bertz CT molecular complexity index is 928. The van der Waals surface area contributed by atoms with E-state index in [1.54, 1.807) is 55.5 Å². The van der Waals surface area contributed by atoms with Crippen LogP contribution < -0.4 is 10.1 Å². The second-order valence-electron chi connectivity index (χ2n) is 7.55. The first-order valence-corrected chi connectivity index (χ1v) is 10.9. The summed E-state index contributed by atoms with van der Waals surface area (Å²) in [5, 5.41) is 11.6. The zero-order valence-electron chi connectivity index (χ0n) is 18.6. The third-order valence-electron chi connectivity index (χ3n) is 4.78. The molecule has 6 heteroatoms. The highest BCUT2D eigenvalue weighted by molar-refractivity contribution is 6.04.